The van der Waals surface area contributed by atoms with Gasteiger partial charge in [0.15, 0.2) is 9.84 Å². The lowest BCUT2D eigenvalue weighted by Crippen LogP contribution is -2.63. The van der Waals surface area contributed by atoms with Gasteiger partial charge in [-0.2, -0.15) is 0 Å². The van der Waals surface area contributed by atoms with Crippen LogP contribution in [0.4, 0.5) is 4.79 Å². The van der Waals surface area contributed by atoms with Crippen LogP contribution in [-0.2, 0) is 29.0 Å². The molecule has 5 amide bonds. The maximum atomic E-state index is 14.7. The third-order valence-electron chi connectivity index (χ3n) is 12.7. The highest BCUT2D eigenvalue weighted by Crippen LogP contribution is 2.65. The molecule has 52 heavy (non-hydrogen) atoms. The van der Waals surface area contributed by atoms with Crippen molar-refractivity contribution in [1.29, 1.82) is 0 Å². The fraction of sp³-hybridized carbons (Fsp3) is 0.821. The third-order valence-corrected chi connectivity index (χ3v) is 14.5. The highest BCUT2D eigenvalue weighted by atomic mass is 32.2. The van der Waals surface area contributed by atoms with Crippen molar-refractivity contribution in [2.45, 2.75) is 141 Å². The molecule has 5 atom stereocenters. The summed E-state index contributed by atoms with van der Waals surface area (Å²) >= 11 is 0. The minimum Gasteiger partial charge on any atom is -0.346 e. The molecule has 1 heterocycles. The standard InChI is InChI=1S/C39H63N5O7S/c1-6-20-40-35(47)33(45)29(22-26-15-16-26)41-34(46)32-30-28(38(30,4)5)23-44(32)36(48)31(27-13-9-7-10-14-27)42-37(49)43-39(18-11-8-12-19-39)24-52(50,51)21-17-25(2)3/h6,25-32H,1,7-24H2,2-5H3,(H,40,47)(H,41,46)(H2,42,43,49)/t28-,29?,30?,31-,32-/m0/s1. The average molecular weight is 746 g/mol. The lowest BCUT2D eigenvalue weighted by Gasteiger charge is -2.40. The van der Waals surface area contributed by atoms with Crippen molar-refractivity contribution >= 4 is 39.4 Å². The normalized spacial score (nSPS) is 26.4. The number of hydrogen-bond acceptors (Lipinski definition) is 7. The van der Waals surface area contributed by atoms with E-state index in [4.69, 9.17) is 0 Å². The van der Waals surface area contributed by atoms with Crippen LogP contribution in [-0.4, -0.2) is 91.1 Å². The molecule has 2 unspecified atom stereocenters. The number of rotatable bonds is 17. The maximum Gasteiger partial charge on any atom is 0.315 e. The molecule has 4 aliphatic carbocycles. The molecule has 0 bridgehead atoms. The van der Waals surface area contributed by atoms with Gasteiger partial charge in [-0.15, -0.1) is 6.58 Å². The van der Waals surface area contributed by atoms with Gasteiger partial charge in [0.2, 0.25) is 17.6 Å². The monoisotopic (exact) mass is 745 g/mol. The number of hydrogen-bond donors (Lipinski definition) is 4. The molecule has 13 heteroatoms. The number of piperidine rings is 1. The van der Waals surface area contributed by atoms with Gasteiger partial charge < -0.3 is 26.2 Å². The van der Waals surface area contributed by atoms with Crippen LogP contribution in [0.15, 0.2) is 12.7 Å². The highest BCUT2D eigenvalue weighted by molar-refractivity contribution is 7.91. The van der Waals surface area contributed by atoms with Gasteiger partial charge in [0, 0.05) is 13.1 Å². The quantitative estimate of drug-likeness (QED) is 0.129. The predicted octanol–water partition coefficient (Wildman–Crippen LogP) is 4.04. The number of nitrogens with one attached hydrogen (secondary N) is 4. The lowest BCUT2D eigenvalue weighted by molar-refractivity contribution is -0.144. The van der Waals surface area contributed by atoms with Crippen molar-refractivity contribution in [2.75, 3.05) is 24.6 Å². The minimum atomic E-state index is -3.43. The summed E-state index contributed by atoms with van der Waals surface area (Å²) in [4.78, 5) is 70.4. The van der Waals surface area contributed by atoms with E-state index < -0.39 is 57.1 Å². The molecular formula is C39H63N5O7S. The molecule has 4 saturated carbocycles. The van der Waals surface area contributed by atoms with E-state index in [9.17, 15) is 32.4 Å². The Morgan fingerprint density at radius 2 is 1.58 bits per heavy atom. The molecule has 0 radical (unpaired) electrons. The first-order valence-corrected chi connectivity index (χ1v) is 21.7. The number of likely N-dealkylation sites (tertiary alicyclic amines) is 1. The number of carbonyl (C=O) groups is 5. The van der Waals surface area contributed by atoms with Crippen molar-refractivity contribution in [2.24, 2.45) is 35.0 Å². The zero-order valence-corrected chi connectivity index (χ0v) is 32.7. The van der Waals surface area contributed by atoms with E-state index in [1.54, 1.807) is 4.90 Å². The van der Waals surface area contributed by atoms with Crippen LogP contribution in [0.3, 0.4) is 0 Å². The lowest BCUT2D eigenvalue weighted by atomic mass is 9.82. The molecule has 12 nitrogen and oxygen atoms in total. The molecule has 1 aliphatic heterocycles. The van der Waals surface area contributed by atoms with Crippen LogP contribution in [0.25, 0.3) is 0 Å². The average Bonchev–Trinajstić information content (AvgIpc) is 3.95. The number of carbonyl (C=O) groups excluding carboxylic acids is 5. The molecule has 292 valence electrons. The highest BCUT2D eigenvalue weighted by Gasteiger charge is 2.70. The molecule has 1 saturated heterocycles. The van der Waals surface area contributed by atoms with Crippen LogP contribution in [0.1, 0.15) is 118 Å². The Labute approximate surface area is 310 Å². The summed E-state index contributed by atoms with van der Waals surface area (Å²) in [6.07, 6.45) is 12.4. The van der Waals surface area contributed by atoms with Crippen LogP contribution in [0.2, 0.25) is 0 Å². The van der Waals surface area contributed by atoms with Gasteiger partial charge in [0.25, 0.3) is 5.91 Å². The van der Waals surface area contributed by atoms with Crippen LogP contribution in [0, 0.1) is 35.0 Å². The molecule has 5 rings (SSSR count). The Kier molecular flexibility index (Phi) is 12.8. The van der Waals surface area contributed by atoms with Gasteiger partial charge in [-0.25, -0.2) is 13.2 Å². The summed E-state index contributed by atoms with van der Waals surface area (Å²) in [7, 11) is -3.43. The zero-order chi connectivity index (χ0) is 37.8. The largest absolute Gasteiger partial charge is 0.346 e. The van der Waals surface area contributed by atoms with Gasteiger partial charge in [0.1, 0.15) is 12.1 Å². The van der Waals surface area contributed by atoms with E-state index >= 15 is 0 Å². The van der Waals surface area contributed by atoms with Crippen molar-refractivity contribution in [3.63, 3.8) is 0 Å². The molecule has 0 aromatic carbocycles. The van der Waals surface area contributed by atoms with Gasteiger partial charge in [-0.1, -0.05) is 85.1 Å². The molecule has 0 aromatic heterocycles. The van der Waals surface area contributed by atoms with E-state index in [1.807, 2.05) is 13.8 Å². The molecule has 0 aromatic rings. The Hall–Kier alpha value is -2.96. The fourth-order valence-corrected chi connectivity index (χ4v) is 11.5. The topological polar surface area (TPSA) is 171 Å². The van der Waals surface area contributed by atoms with E-state index in [1.165, 1.54) is 6.08 Å². The third kappa shape index (κ3) is 9.77. The van der Waals surface area contributed by atoms with Crippen LogP contribution in [0.5, 0.6) is 0 Å². The first-order chi connectivity index (χ1) is 24.6. The number of nitrogens with zero attached hydrogens (tertiary/aromatic N) is 1. The summed E-state index contributed by atoms with van der Waals surface area (Å²) in [5, 5.41) is 11.5. The Bertz CT molecular complexity index is 1460. The molecular weight excluding hydrogens is 683 g/mol. The minimum absolute atomic E-state index is 0.0720. The van der Waals surface area contributed by atoms with E-state index in [0.717, 1.165) is 64.2 Å². The number of sulfone groups is 1. The first kappa shape index (κ1) is 40.2. The summed E-state index contributed by atoms with van der Waals surface area (Å²) in [6, 6.07) is -3.27. The second-order valence-electron chi connectivity index (χ2n) is 17.6. The van der Waals surface area contributed by atoms with E-state index in [0.29, 0.717) is 32.2 Å². The first-order valence-electron chi connectivity index (χ1n) is 19.9. The van der Waals surface area contributed by atoms with Gasteiger partial charge in [-0.05, 0) is 73.5 Å². The number of ketones is 1. The second-order valence-corrected chi connectivity index (χ2v) is 19.8. The van der Waals surface area contributed by atoms with Crippen LogP contribution >= 0.6 is 0 Å². The SMILES string of the molecule is C=CCNC(=O)C(=O)C(CC1CC1)NC(=O)[C@@H]1C2[C@H](CN1C(=O)[C@@H](NC(=O)NC1(CS(=O)(=O)CCC(C)C)CCCCC1)C1CCCCC1)C2(C)C. The summed E-state index contributed by atoms with van der Waals surface area (Å²) < 4.78 is 26.6. The van der Waals surface area contributed by atoms with E-state index in [2.05, 4.69) is 41.7 Å². The second kappa shape index (κ2) is 16.6. The number of urea groups is 1. The van der Waals surface area contributed by atoms with Gasteiger partial charge in [-0.3, -0.25) is 19.2 Å². The molecule has 5 aliphatic rings. The van der Waals surface area contributed by atoms with Crippen molar-refractivity contribution in [3.8, 4) is 0 Å². The zero-order valence-electron chi connectivity index (χ0n) is 31.8. The van der Waals surface area contributed by atoms with Crippen molar-refractivity contribution in [1.82, 2.24) is 26.2 Å². The summed E-state index contributed by atoms with van der Waals surface area (Å²) in [5.41, 5.74) is -1.09. The Balaban J connectivity index is 1.35. The van der Waals surface area contributed by atoms with Gasteiger partial charge >= 0.3 is 6.03 Å². The number of fused-ring (bicyclic) bond motifs is 1. The number of Topliss-reactive ketones (excluding diaryl/α,β-unsaturated/α-hetero) is 1. The molecule has 0 spiro atoms. The summed E-state index contributed by atoms with van der Waals surface area (Å²) in [6.45, 7) is 12.2. The Morgan fingerprint density at radius 3 is 2.19 bits per heavy atom. The van der Waals surface area contributed by atoms with Gasteiger partial charge in [0.05, 0.1) is 23.1 Å². The number of amides is 5. The van der Waals surface area contributed by atoms with E-state index in [-0.39, 0.29) is 59.0 Å². The van der Waals surface area contributed by atoms with Crippen molar-refractivity contribution < 1.29 is 32.4 Å². The summed E-state index contributed by atoms with van der Waals surface area (Å²) in [5.74, 6) is -1.95. The Morgan fingerprint density at radius 1 is 0.923 bits per heavy atom. The fourth-order valence-electron chi connectivity index (χ4n) is 9.29. The van der Waals surface area contributed by atoms with Crippen LogP contribution < -0.4 is 21.3 Å². The molecule has 4 N–H and O–H groups in total. The smallest absolute Gasteiger partial charge is 0.315 e. The maximum absolute atomic E-state index is 14.7. The van der Waals surface area contributed by atoms with Crippen molar-refractivity contribution in [3.05, 3.63) is 12.7 Å². The molecule has 5 fully saturated rings. The predicted molar refractivity (Wildman–Crippen MR) is 200 cm³/mol.